The third-order valence-corrected chi connectivity index (χ3v) is 4.07. The van der Waals surface area contributed by atoms with Gasteiger partial charge >= 0.3 is 0 Å². The first-order valence-electron chi connectivity index (χ1n) is 8.26. The number of rotatable bonds is 8. The normalized spacial score (nSPS) is 11.9. The Hall–Kier alpha value is -1.88. The molecule has 0 aliphatic heterocycles. The average Bonchev–Trinajstić information content (AvgIpc) is 2.49. The number of quaternary nitrogens is 1. The van der Waals surface area contributed by atoms with Crippen molar-refractivity contribution in [3.63, 3.8) is 0 Å². The molecule has 0 saturated heterocycles. The maximum absolute atomic E-state index is 12.2. The minimum absolute atomic E-state index is 0.0692. The molecule has 0 fully saturated rings. The van der Waals surface area contributed by atoms with Crippen LogP contribution >= 0.6 is 0 Å². The van der Waals surface area contributed by atoms with Gasteiger partial charge in [-0.05, 0) is 37.5 Å². The van der Waals surface area contributed by atoms with E-state index >= 15 is 0 Å². The molecule has 0 heterocycles. The highest BCUT2D eigenvalue weighted by Crippen LogP contribution is 2.17. The van der Waals surface area contributed by atoms with Crippen molar-refractivity contribution in [3.05, 3.63) is 29.3 Å². The standard InChI is InChI=1S/C18H29N3O2/c1-6-7-11-21(5)18(23)13-20(4)12-17(22)19-16-10-8-9-14(2)15(16)3/h8-10H,6-7,11-13H2,1-5H3,(H,19,22)/p+1. The van der Waals surface area contributed by atoms with Crippen LogP contribution in [0.15, 0.2) is 18.2 Å². The molecule has 5 nitrogen and oxygen atoms in total. The van der Waals surface area contributed by atoms with E-state index in [0.717, 1.165) is 41.1 Å². The maximum Gasteiger partial charge on any atom is 0.279 e. The Kier molecular flexibility index (Phi) is 7.75. The molecule has 128 valence electrons. The number of anilines is 1. The first-order valence-corrected chi connectivity index (χ1v) is 8.26. The zero-order valence-corrected chi connectivity index (χ0v) is 15.0. The summed E-state index contributed by atoms with van der Waals surface area (Å²) in [6, 6.07) is 5.85. The molecule has 0 aliphatic rings. The number of nitrogens with one attached hydrogen (secondary N) is 2. The van der Waals surface area contributed by atoms with Crippen molar-refractivity contribution in [2.24, 2.45) is 0 Å². The third-order valence-electron chi connectivity index (χ3n) is 4.07. The van der Waals surface area contributed by atoms with Gasteiger partial charge in [0.2, 0.25) is 0 Å². The fourth-order valence-corrected chi connectivity index (χ4v) is 2.33. The van der Waals surface area contributed by atoms with E-state index in [1.165, 1.54) is 0 Å². The van der Waals surface area contributed by atoms with Gasteiger partial charge < -0.3 is 15.1 Å². The summed E-state index contributed by atoms with van der Waals surface area (Å²) < 4.78 is 0. The van der Waals surface area contributed by atoms with Crippen LogP contribution in [0.3, 0.4) is 0 Å². The topological polar surface area (TPSA) is 53.9 Å². The highest BCUT2D eigenvalue weighted by molar-refractivity contribution is 5.92. The molecular weight excluding hydrogens is 290 g/mol. The zero-order valence-electron chi connectivity index (χ0n) is 15.0. The lowest BCUT2D eigenvalue weighted by molar-refractivity contribution is -0.862. The fraction of sp³-hybridized carbons (Fsp3) is 0.556. The molecule has 23 heavy (non-hydrogen) atoms. The van der Waals surface area contributed by atoms with Gasteiger partial charge in [-0.25, -0.2) is 0 Å². The van der Waals surface area contributed by atoms with Gasteiger partial charge in [-0.1, -0.05) is 25.5 Å². The number of likely N-dealkylation sites (N-methyl/N-ethyl adjacent to an activating group) is 2. The smallest absolute Gasteiger partial charge is 0.279 e. The van der Waals surface area contributed by atoms with Gasteiger partial charge in [-0.3, -0.25) is 9.59 Å². The van der Waals surface area contributed by atoms with Gasteiger partial charge in [0.25, 0.3) is 11.8 Å². The average molecular weight is 320 g/mol. The van der Waals surface area contributed by atoms with Crippen LogP contribution in [0, 0.1) is 13.8 Å². The van der Waals surface area contributed by atoms with E-state index in [2.05, 4.69) is 12.2 Å². The lowest BCUT2D eigenvalue weighted by atomic mass is 10.1. The monoisotopic (exact) mass is 320 g/mol. The van der Waals surface area contributed by atoms with E-state index in [0.29, 0.717) is 6.54 Å². The lowest BCUT2D eigenvalue weighted by Gasteiger charge is -2.19. The molecule has 5 heteroatoms. The van der Waals surface area contributed by atoms with E-state index in [1.807, 2.05) is 46.1 Å². The second kappa shape index (κ2) is 9.30. The van der Waals surface area contributed by atoms with Crippen molar-refractivity contribution < 1.29 is 14.5 Å². The number of amides is 2. The molecule has 1 rings (SSSR count). The van der Waals surface area contributed by atoms with E-state index in [4.69, 9.17) is 0 Å². The van der Waals surface area contributed by atoms with Crippen molar-refractivity contribution in [1.29, 1.82) is 0 Å². The SMILES string of the molecule is CCCCN(C)C(=O)C[NH+](C)CC(=O)Nc1cccc(C)c1C. The second-order valence-electron chi connectivity index (χ2n) is 6.28. The van der Waals surface area contributed by atoms with E-state index in [1.54, 1.807) is 4.90 Å². The molecule has 2 N–H and O–H groups in total. The first kappa shape index (κ1) is 19.2. The van der Waals surface area contributed by atoms with Gasteiger partial charge in [-0.15, -0.1) is 0 Å². The van der Waals surface area contributed by atoms with Gasteiger partial charge in [0, 0.05) is 19.3 Å². The summed E-state index contributed by atoms with van der Waals surface area (Å²) in [6.07, 6.45) is 2.08. The Morgan fingerprint density at radius 1 is 1.22 bits per heavy atom. The quantitative estimate of drug-likeness (QED) is 0.751. The zero-order chi connectivity index (χ0) is 17.4. The summed E-state index contributed by atoms with van der Waals surface area (Å²) in [6.45, 7) is 7.51. The highest BCUT2D eigenvalue weighted by Gasteiger charge is 2.17. The predicted molar refractivity (Wildman–Crippen MR) is 93.7 cm³/mol. The van der Waals surface area contributed by atoms with Gasteiger partial charge in [0.15, 0.2) is 13.1 Å². The summed E-state index contributed by atoms with van der Waals surface area (Å²) in [4.78, 5) is 26.9. The number of benzene rings is 1. The van der Waals surface area contributed by atoms with E-state index < -0.39 is 0 Å². The molecule has 1 atom stereocenters. The fourth-order valence-electron chi connectivity index (χ4n) is 2.33. The Labute approximate surface area is 139 Å². The molecule has 0 radical (unpaired) electrons. The second-order valence-corrected chi connectivity index (χ2v) is 6.28. The van der Waals surface area contributed by atoms with Crippen LogP contribution in [0.5, 0.6) is 0 Å². The van der Waals surface area contributed by atoms with Crippen molar-refractivity contribution in [3.8, 4) is 0 Å². The van der Waals surface area contributed by atoms with E-state index in [-0.39, 0.29) is 18.4 Å². The Morgan fingerprint density at radius 3 is 2.57 bits per heavy atom. The lowest BCUT2D eigenvalue weighted by Crippen LogP contribution is -3.11. The summed E-state index contributed by atoms with van der Waals surface area (Å²) in [5, 5.41) is 2.93. The summed E-state index contributed by atoms with van der Waals surface area (Å²) in [5.41, 5.74) is 3.07. The van der Waals surface area contributed by atoms with Crippen molar-refractivity contribution in [2.75, 3.05) is 39.0 Å². The van der Waals surface area contributed by atoms with Crippen LogP contribution < -0.4 is 10.2 Å². The molecule has 0 bridgehead atoms. The summed E-state index contributed by atoms with van der Waals surface area (Å²) in [5.74, 6) is 0.00990. The molecule has 2 amide bonds. The number of aryl methyl sites for hydroxylation is 1. The van der Waals surface area contributed by atoms with Crippen molar-refractivity contribution in [1.82, 2.24) is 4.90 Å². The molecule has 0 aliphatic carbocycles. The number of nitrogens with zero attached hydrogens (tertiary/aromatic N) is 1. The van der Waals surface area contributed by atoms with Crippen LogP contribution in [0.25, 0.3) is 0 Å². The van der Waals surface area contributed by atoms with Crippen LogP contribution in [0.2, 0.25) is 0 Å². The number of hydrogen-bond acceptors (Lipinski definition) is 2. The Bertz CT molecular complexity index is 543. The Balaban J connectivity index is 2.47. The molecule has 0 saturated carbocycles. The number of unbranched alkanes of at least 4 members (excludes halogenated alkanes) is 1. The molecule has 0 spiro atoms. The number of carbonyl (C=O) groups is 2. The molecule has 0 aromatic heterocycles. The van der Waals surface area contributed by atoms with Gasteiger partial charge in [-0.2, -0.15) is 0 Å². The van der Waals surface area contributed by atoms with Gasteiger partial charge in [0.1, 0.15) is 0 Å². The number of carbonyl (C=O) groups excluding carboxylic acids is 2. The summed E-state index contributed by atoms with van der Waals surface area (Å²) >= 11 is 0. The van der Waals surface area contributed by atoms with Crippen LogP contribution in [0.1, 0.15) is 30.9 Å². The molecule has 1 unspecified atom stereocenters. The van der Waals surface area contributed by atoms with Crippen LogP contribution in [-0.4, -0.2) is 50.4 Å². The van der Waals surface area contributed by atoms with Crippen LogP contribution in [0.4, 0.5) is 5.69 Å². The maximum atomic E-state index is 12.2. The minimum Gasteiger partial charge on any atom is -0.341 e. The highest BCUT2D eigenvalue weighted by atomic mass is 16.2. The van der Waals surface area contributed by atoms with Crippen LogP contribution in [-0.2, 0) is 9.59 Å². The number of hydrogen-bond donors (Lipinski definition) is 2. The largest absolute Gasteiger partial charge is 0.341 e. The predicted octanol–water partition coefficient (Wildman–Crippen LogP) is 1.02. The molecule has 1 aromatic carbocycles. The van der Waals surface area contributed by atoms with Crippen molar-refractivity contribution in [2.45, 2.75) is 33.6 Å². The third kappa shape index (κ3) is 6.40. The van der Waals surface area contributed by atoms with Crippen molar-refractivity contribution >= 4 is 17.5 Å². The molecule has 1 aromatic rings. The minimum atomic E-state index is -0.0692. The molecular formula is C18H30N3O2+. The van der Waals surface area contributed by atoms with E-state index in [9.17, 15) is 9.59 Å². The first-order chi connectivity index (χ1) is 10.8. The Morgan fingerprint density at radius 2 is 1.91 bits per heavy atom. The van der Waals surface area contributed by atoms with Gasteiger partial charge in [0.05, 0.1) is 7.05 Å². The summed E-state index contributed by atoms with van der Waals surface area (Å²) in [7, 11) is 3.69.